The van der Waals surface area contributed by atoms with Gasteiger partial charge in [0.05, 0.1) is 24.7 Å². The molecule has 2 aromatic carbocycles. The van der Waals surface area contributed by atoms with Crippen molar-refractivity contribution in [3.05, 3.63) is 58.7 Å². The molecule has 2 nitrogen and oxygen atoms in total. The third-order valence-corrected chi connectivity index (χ3v) is 6.72. The number of hydrogen-bond acceptors (Lipinski definition) is 4. The van der Waals surface area contributed by atoms with Crippen LogP contribution in [0.2, 0.25) is 0 Å². The minimum absolute atomic E-state index is 0.321. The van der Waals surface area contributed by atoms with E-state index in [2.05, 4.69) is 48.9 Å². The van der Waals surface area contributed by atoms with E-state index >= 15 is 0 Å². The maximum absolute atomic E-state index is 5.70. The summed E-state index contributed by atoms with van der Waals surface area (Å²) in [7, 11) is 3.52. The Labute approximate surface area is 151 Å². The molecule has 24 heavy (non-hydrogen) atoms. The van der Waals surface area contributed by atoms with Crippen molar-refractivity contribution in [2.24, 2.45) is 0 Å². The van der Waals surface area contributed by atoms with Crippen LogP contribution in [0.15, 0.2) is 36.4 Å². The summed E-state index contributed by atoms with van der Waals surface area (Å²) in [6, 6.07) is 8.93. The second-order valence-corrected chi connectivity index (χ2v) is 7.90. The molecular weight excluding hydrogens is 336 g/mol. The molecule has 2 unspecified atom stereocenters. The number of benzene rings is 2. The Kier molecular flexibility index (Phi) is 4.05. The predicted octanol–water partition coefficient (Wildman–Crippen LogP) is 5.65. The minimum Gasteiger partial charge on any atom is -0.496 e. The Morgan fingerprint density at radius 3 is 1.46 bits per heavy atom. The van der Waals surface area contributed by atoms with Crippen LogP contribution in [0.4, 0.5) is 0 Å². The molecule has 4 rings (SSSR count). The van der Waals surface area contributed by atoms with Crippen molar-refractivity contribution in [2.75, 3.05) is 26.7 Å². The van der Waals surface area contributed by atoms with Gasteiger partial charge in [-0.1, -0.05) is 24.3 Å². The van der Waals surface area contributed by atoms with E-state index in [1.165, 1.54) is 33.0 Å². The number of hydrogen-bond donors (Lipinski definition) is 0. The number of methoxy groups -OCH3 is 2. The van der Waals surface area contributed by atoms with Crippen LogP contribution in [0.1, 0.15) is 32.8 Å². The number of ether oxygens (including phenoxy) is 2. The molecule has 0 saturated carbocycles. The van der Waals surface area contributed by atoms with Gasteiger partial charge < -0.3 is 9.47 Å². The summed E-state index contributed by atoms with van der Waals surface area (Å²) in [6.45, 7) is 0. The van der Waals surface area contributed by atoms with Gasteiger partial charge in [-0.05, 0) is 46.6 Å². The van der Waals surface area contributed by atoms with Gasteiger partial charge in [-0.25, -0.2) is 0 Å². The number of rotatable bonds is 4. The van der Waals surface area contributed by atoms with Crippen LogP contribution >= 0.6 is 23.5 Å². The van der Waals surface area contributed by atoms with Gasteiger partial charge in [0.2, 0.25) is 0 Å². The van der Waals surface area contributed by atoms with Gasteiger partial charge in [-0.2, -0.15) is 23.5 Å². The quantitative estimate of drug-likeness (QED) is 0.704. The second-order valence-electron chi connectivity index (χ2n) is 5.94. The van der Waals surface area contributed by atoms with Crippen LogP contribution in [-0.4, -0.2) is 26.7 Å². The van der Waals surface area contributed by atoms with Gasteiger partial charge in [-0.15, -0.1) is 0 Å². The Bertz CT molecular complexity index is 810. The average Bonchev–Trinajstić information content (AvgIpc) is 2.64. The third kappa shape index (κ3) is 2.12. The highest BCUT2D eigenvalue weighted by atomic mass is 32.2. The van der Waals surface area contributed by atoms with Crippen LogP contribution in [0, 0.1) is 0 Å². The Morgan fingerprint density at radius 2 is 1.12 bits per heavy atom. The molecule has 0 fully saturated rings. The summed E-state index contributed by atoms with van der Waals surface area (Å²) >= 11 is 3.69. The van der Waals surface area contributed by atoms with Crippen LogP contribution in [0.3, 0.4) is 0 Å². The summed E-state index contributed by atoms with van der Waals surface area (Å²) in [5, 5.41) is 3.29. The van der Waals surface area contributed by atoms with Gasteiger partial charge >= 0.3 is 0 Å². The summed E-state index contributed by atoms with van der Waals surface area (Å²) < 4.78 is 11.4. The normalized spacial score (nSPS) is 21.3. The second kappa shape index (κ2) is 6.08. The predicted molar refractivity (Wildman–Crippen MR) is 106 cm³/mol. The van der Waals surface area contributed by atoms with Crippen LogP contribution < -0.4 is 0 Å². The SMILES string of the molecule is COC1=CC(SC)c2ccc3c4c(ccc1c24)C(SC)C=C3OC. The molecule has 4 heteroatoms. The zero-order valence-electron chi connectivity index (χ0n) is 14.3. The summed E-state index contributed by atoms with van der Waals surface area (Å²) in [5.41, 5.74) is 5.12. The van der Waals surface area contributed by atoms with Gasteiger partial charge in [-0.3, -0.25) is 0 Å². The average molecular weight is 357 g/mol. The van der Waals surface area contributed by atoms with Crippen molar-refractivity contribution in [3.63, 3.8) is 0 Å². The molecule has 0 aromatic heterocycles. The van der Waals surface area contributed by atoms with Crippen molar-refractivity contribution in [3.8, 4) is 0 Å². The van der Waals surface area contributed by atoms with Gasteiger partial charge in [0.15, 0.2) is 0 Å². The smallest absolute Gasteiger partial charge is 0.124 e. The number of thioether (sulfide) groups is 2. The van der Waals surface area contributed by atoms with E-state index in [0.717, 1.165) is 11.5 Å². The lowest BCUT2D eigenvalue weighted by Crippen LogP contribution is -2.10. The molecule has 0 amide bonds. The van der Waals surface area contributed by atoms with Gasteiger partial charge in [0, 0.05) is 11.1 Å². The lowest BCUT2D eigenvalue weighted by molar-refractivity contribution is 0.368. The Hall–Kier alpha value is -1.52. The van der Waals surface area contributed by atoms with Gasteiger partial charge in [0.25, 0.3) is 0 Å². The van der Waals surface area contributed by atoms with E-state index in [0.29, 0.717) is 10.5 Å². The van der Waals surface area contributed by atoms with Crippen LogP contribution in [0.5, 0.6) is 0 Å². The topological polar surface area (TPSA) is 18.5 Å². The zero-order chi connectivity index (χ0) is 16.8. The van der Waals surface area contributed by atoms with E-state index in [1.807, 2.05) is 23.5 Å². The largest absolute Gasteiger partial charge is 0.496 e. The molecule has 0 aliphatic heterocycles. The van der Waals surface area contributed by atoms with Crippen LogP contribution in [-0.2, 0) is 9.47 Å². The molecule has 2 atom stereocenters. The molecule has 2 aliphatic rings. The van der Waals surface area contributed by atoms with Crippen molar-refractivity contribution in [1.29, 1.82) is 0 Å². The van der Waals surface area contributed by atoms with E-state index in [-0.39, 0.29) is 0 Å². The highest BCUT2D eigenvalue weighted by Crippen LogP contribution is 2.50. The lowest BCUT2D eigenvalue weighted by Gasteiger charge is -2.29. The molecule has 0 bridgehead atoms. The fraction of sp³-hybridized carbons (Fsp3) is 0.300. The fourth-order valence-corrected chi connectivity index (χ4v) is 5.23. The van der Waals surface area contributed by atoms with Crippen molar-refractivity contribution >= 4 is 45.8 Å². The molecule has 2 aromatic rings. The maximum atomic E-state index is 5.70. The van der Waals surface area contributed by atoms with E-state index in [4.69, 9.17) is 9.47 Å². The first kappa shape index (κ1) is 16.0. The van der Waals surface area contributed by atoms with Crippen LogP contribution in [0.25, 0.3) is 22.3 Å². The molecule has 0 saturated heterocycles. The summed E-state index contributed by atoms with van der Waals surface area (Å²) in [6.07, 6.45) is 8.76. The first-order valence-electron chi connectivity index (χ1n) is 7.91. The first-order valence-corrected chi connectivity index (χ1v) is 10.5. The monoisotopic (exact) mass is 356 g/mol. The van der Waals surface area contributed by atoms with E-state index in [1.54, 1.807) is 14.2 Å². The van der Waals surface area contributed by atoms with Crippen molar-refractivity contribution < 1.29 is 9.47 Å². The summed E-state index contributed by atoms with van der Waals surface area (Å²) in [5.74, 6) is 1.94. The molecule has 0 N–H and O–H groups in total. The molecule has 0 spiro atoms. The maximum Gasteiger partial charge on any atom is 0.124 e. The highest BCUT2D eigenvalue weighted by molar-refractivity contribution is 7.99. The molecule has 124 valence electrons. The molecular formula is C20H20O2S2. The fourth-order valence-electron chi connectivity index (χ4n) is 3.81. The van der Waals surface area contributed by atoms with E-state index in [9.17, 15) is 0 Å². The zero-order valence-corrected chi connectivity index (χ0v) is 15.9. The molecule has 2 aliphatic carbocycles. The minimum atomic E-state index is 0.321. The first-order chi connectivity index (χ1) is 11.7. The molecule has 0 radical (unpaired) electrons. The highest BCUT2D eigenvalue weighted by Gasteiger charge is 2.29. The lowest BCUT2D eigenvalue weighted by atomic mass is 9.83. The summed E-state index contributed by atoms with van der Waals surface area (Å²) in [4.78, 5) is 0. The molecule has 0 heterocycles. The standard InChI is InChI=1S/C20H20O2S2/c1-21-15-9-17(23-3)13-8-6-12-16(22-2)10-18(24-4)14-7-5-11(15)19(13)20(12)14/h5-10,17-18H,1-4H3. The van der Waals surface area contributed by atoms with Crippen molar-refractivity contribution in [2.45, 2.75) is 10.5 Å². The van der Waals surface area contributed by atoms with Gasteiger partial charge in [0.1, 0.15) is 11.5 Å². The Balaban J connectivity index is 2.12. The Morgan fingerprint density at radius 1 is 0.708 bits per heavy atom. The van der Waals surface area contributed by atoms with Crippen molar-refractivity contribution in [1.82, 2.24) is 0 Å². The van der Waals surface area contributed by atoms with E-state index < -0.39 is 0 Å². The third-order valence-electron chi connectivity index (χ3n) is 4.92.